The number of benzene rings is 1. The van der Waals surface area contributed by atoms with Crippen molar-refractivity contribution in [3.05, 3.63) is 28.2 Å². The van der Waals surface area contributed by atoms with Crippen LogP contribution in [-0.2, 0) is 15.1 Å². The number of hydrogen-bond acceptors (Lipinski definition) is 4. The van der Waals surface area contributed by atoms with Crippen LogP contribution in [0.4, 0.5) is 0 Å². The molecule has 130 valence electrons. The number of ether oxygens (including phenoxy) is 2. The largest absolute Gasteiger partial charge is 0.483 e. The Bertz CT molecular complexity index is 820. The molecule has 0 bridgehead atoms. The van der Waals surface area contributed by atoms with E-state index < -0.39 is 11.1 Å². The molecule has 4 rings (SSSR count). The number of carbonyl (C=O) groups excluding carboxylic acids is 1. The molecule has 6 heteroatoms. The molecule has 0 aromatic heterocycles. The highest BCUT2D eigenvalue weighted by Crippen LogP contribution is 2.58. The summed E-state index contributed by atoms with van der Waals surface area (Å²) in [6, 6.07) is 5.75. The molecule has 0 N–H and O–H groups in total. The molecule has 2 aliphatic heterocycles. The molecule has 1 fully saturated rings. The van der Waals surface area contributed by atoms with Crippen LogP contribution in [0, 0.1) is 12.3 Å². The number of halogens is 1. The Labute approximate surface area is 155 Å². The number of carbonyl (C=O) groups is 1. The van der Waals surface area contributed by atoms with Gasteiger partial charge >= 0.3 is 0 Å². The van der Waals surface area contributed by atoms with E-state index in [-0.39, 0.29) is 12.0 Å². The van der Waals surface area contributed by atoms with Crippen LogP contribution in [0.15, 0.2) is 27.7 Å². The number of methoxy groups -OCH3 is 1. The molecule has 1 atom stereocenters. The Kier molecular flexibility index (Phi) is 3.71. The zero-order valence-electron chi connectivity index (χ0n) is 14.2. The van der Waals surface area contributed by atoms with E-state index in [9.17, 15) is 4.79 Å². The Morgan fingerprint density at radius 1 is 1.44 bits per heavy atom. The predicted molar refractivity (Wildman–Crippen MR) is 97.5 cm³/mol. The molecule has 1 amide bonds. The zero-order valence-corrected chi connectivity index (χ0v) is 15.8. The number of hydrogen-bond donors (Lipinski definition) is 0. The fourth-order valence-corrected chi connectivity index (χ4v) is 4.74. The SMILES string of the molecule is C#CC1=NC2(C(=O)N1C)c1cc(Br)ccc1OC21CCC(OC)CC1. The van der Waals surface area contributed by atoms with Crippen molar-refractivity contribution < 1.29 is 14.3 Å². The molecule has 0 saturated heterocycles. The first-order valence-electron chi connectivity index (χ1n) is 8.34. The van der Waals surface area contributed by atoms with Gasteiger partial charge in [-0.25, -0.2) is 4.99 Å². The molecular weight excluding hydrogens is 384 g/mol. The lowest BCUT2D eigenvalue weighted by molar-refractivity contribution is -0.140. The number of amidine groups is 1. The lowest BCUT2D eigenvalue weighted by Gasteiger charge is -2.43. The van der Waals surface area contributed by atoms with E-state index in [4.69, 9.17) is 20.9 Å². The van der Waals surface area contributed by atoms with Crippen LogP contribution in [0.2, 0.25) is 0 Å². The second kappa shape index (κ2) is 5.58. The zero-order chi connectivity index (χ0) is 17.8. The highest BCUT2D eigenvalue weighted by Gasteiger charge is 2.68. The minimum Gasteiger partial charge on any atom is -0.483 e. The topological polar surface area (TPSA) is 51.1 Å². The summed E-state index contributed by atoms with van der Waals surface area (Å²) >= 11 is 3.51. The van der Waals surface area contributed by atoms with Crippen molar-refractivity contribution in [2.24, 2.45) is 4.99 Å². The highest BCUT2D eigenvalue weighted by molar-refractivity contribution is 9.10. The lowest BCUT2D eigenvalue weighted by Crippen LogP contribution is -2.57. The average Bonchev–Trinajstić information content (AvgIpc) is 3.04. The number of nitrogens with zero attached hydrogens (tertiary/aromatic N) is 2. The van der Waals surface area contributed by atoms with Crippen molar-refractivity contribution in [2.75, 3.05) is 14.2 Å². The molecule has 1 saturated carbocycles. The maximum atomic E-state index is 13.4. The van der Waals surface area contributed by atoms with Crippen LogP contribution in [-0.4, -0.2) is 42.5 Å². The van der Waals surface area contributed by atoms with Crippen LogP contribution in [0.25, 0.3) is 0 Å². The summed E-state index contributed by atoms with van der Waals surface area (Å²) in [6.45, 7) is 0. The first kappa shape index (κ1) is 16.6. The van der Waals surface area contributed by atoms with Crippen LogP contribution in [0.1, 0.15) is 31.2 Å². The van der Waals surface area contributed by atoms with Crippen molar-refractivity contribution in [1.82, 2.24) is 4.90 Å². The van der Waals surface area contributed by atoms with Gasteiger partial charge in [-0.3, -0.25) is 9.69 Å². The monoisotopic (exact) mass is 402 g/mol. The Balaban J connectivity index is 1.91. The van der Waals surface area contributed by atoms with E-state index in [2.05, 4.69) is 21.9 Å². The lowest BCUT2D eigenvalue weighted by atomic mass is 9.68. The Morgan fingerprint density at radius 3 is 2.76 bits per heavy atom. The molecule has 0 radical (unpaired) electrons. The van der Waals surface area contributed by atoms with E-state index >= 15 is 0 Å². The Morgan fingerprint density at radius 2 is 2.16 bits per heavy atom. The summed E-state index contributed by atoms with van der Waals surface area (Å²) in [5, 5.41) is 0. The van der Waals surface area contributed by atoms with E-state index in [0.29, 0.717) is 24.4 Å². The molecule has 1 aromatic carbocycles. The van der Waals surface area contributed by atoms with Gasteiger partial charge in [0.2, 0.25) is 5.54 Å². The molecule has 1 aromatic rings. The van der Waals surface area contributed by atoms with Gasteiger partial charge in [-0.15, -0.1) is 6.42 Å². The predicted octanol–water partition coefficient (Wildman–Crippen LogP) is 2.87. The van der Waals surface area contributed by atoms with Crippen molar-refractivity contribution in [3.63, 3.8) is 0 Å². The molecule has 25 heavy (non-hydrogen) atoms. The van der Waals surface area contributed by atoms with Crippen molar-refractivity contribution in [3.8, 4) is 18.1 Å². The smallest absolute Gasteiger partial charge is 0.265 e. The number of terminal acetylenes is 1. The van der Waals surface area contributed by atoms with Gasteiger partial charge in [-0.05, 0) is 49.8 Å². The molecule has 5 nitrogen and oxygen atoms in total. The summed E-state index contributed by atoms with van der Waals surface area (Å²) in [5.74, 6) is 3.50. The molecule has 2 heterocycles. The summed E-state index contributed by atoms with van der Waals surface area (Å²) in [5.41, 5.74) is -1.03. The molecule has 3 aliphatic rings. The minimum absolute atomic E-state index is 0.117. The number of rotatable bonds is 1. The third-order valence-electron chi connectivity index (χ3n) is 5.70. The quantitative estimate of drug-likeness (QED) is 0.678. The number of fused-ring (bicyclic) bond motifs is 3. The minimum atomic E-state index is -1.11. The van der Waals surface area contributed by atoms with Crippen LogP contribution >= 0.6 is 15.9 Å². The van der Waals surface area contributed by atoms with Crippen LogP contribution in [0.5, 0.6) is 5.75 Å². The maximum Gasteiger partial charge on any atom is 0.265 e. The molecule has 1 unspecified atom stereocenters. The molecule has 1 aliphatic carbocycles. The van der Waals surface area contributed by atoms with E-state index in [1.165, 1.54) is 4.90 Å². The van der Waals surface area contributed by atoms with Crippen LogP contribution < -0.4 is 4.74 Å². The highest BCUT2D eigenvalue weighted by atomic mass is 79.9. The molecular formula is C19H19BrN2O3. The van der Waals surface area contributed by atoms with Crippen LogP contribution in [0.3, 0.4) is 0 Å². The second-order valence-electron chi connectivity index (χ2n) is 6.83. The van der Waals surface area contributed by atoms with E-state index in [0.717, 1.165) is 22.9 Å². The number of aliphatic imine (C=N–C) groups is 1. The van der Waals surface area contributed by atoms with Gasteiger partial charge in [-0.2, -0.15) is 0 Å². The standard InChI is InChI=1S/C19H19BrN2O3/c1-4-16-21-19(17(23)22(16)2)14-11-12(20)5-6-15(14)25-18(19)9-7-13(24-3)8-10-18/h1,5-6,11,13H,7-10H2,2-3H3. The van der Waals surface area contributed by atoms with Gasteiger partial charge in [-0.1, -0.05) is 15.9 Å². The summed E-state index contributed by atoms with van der Waals surface area (Å²) in [7, 11) is 3.41. The third-order valence-corrected chi connectivity index (χ3v) is 6.20. The van der Waals surface area contributed by atoms with Gasteiger partial charge in [0.25, 0.3) is 5.91 Å². The summed E-state index contributed by atoms with van der Waals surface area (Å²) in [4.78, 5) is 19.6. The van der Waals surface area contributed by atoms with Gasteiger partial charge < -0.3 is 9.47 Å². The summed E-state index contributed by atoms with van der Waals surface area (Å²) in [6.07, 6.45) is 8.83. The van der Waals surface area contributed by atoms with E-state index in [1.54, 1.807) is 14.2 Å². The number of likely N-dealkylation sites (N-methyl/N-ethyl adjacent to an activating group) is 1. The summed E-state index contributed by atoms with van der Waals surface area (Å²) < 4.78 is 12.8. The average molecular weight is 403 g/mol. The van der Waals surface area contributed by atoms with Gasteiger partial charge in [0.15, 0.2) is 5.84 Å². The first-order chi connectivity index (χ1) is 12.0. The second-order valence-corrected chi connectivity index (χ2v) is 7.74. The third kappa shape index (κ3) is 2.06. The van der Waals surface area contributed by atoms with Crippen molar-refractivity contribution in [2.45, 2.75) is 42.9 Å². The maximum absolute atomic E-state index is 13.4. The number of amides is 1. The van der Waals surface area contributed by atoms with Gasteiger partial charge in [0.1, 0.15) is 11.4 Å². The van der Waals surface area contributed by atoms with Gasteiger partial charge in [0, 0.05) is 24.2 Å². The first-order valence-corrected chi connectivity index (χ1v) is 9.13. The van der Waals surface area contributed by atoms with Crippen molar-refractivity contribution in [1.29, 1.82) is 0 Å². The van der Waals surface area contributed by atoms with Crippen molar-refractivity contribution >= 4 is 27.7 Å². The van der Waals surface area contributed by atoms with E-state index in [1.807, 2.05) is 18.2 Å². The molecule has 2 spiro atoms. The fourth-order valence-electron chi connectivity index (χ4n) is 4.38. The normalized spacial score (nSPS) is 33.4. The van der Waals surface area contributed by atoms with Gasteiger partial charge in [0.05, 0.1) is 6.10 Å². The Hall–Kier alpha value is -1.84. The fraction of sp³-hybridized carbons (Fsp3) is 0.474.